The van der Waals surface area contributed by atoms with Crippen LogP contribution in [0.15, 0.2) is 109 Å². The maximum Gasteiger partial charge on any atom is 0.243 e. The SMILES string of the molecule is Cc1ccc(B(c2c(C)cc(C)cc2C)c2ccc3ccc4c(B(c5ccc(C)cc5C)c5c(C)cc(C)cc5C)ccc5ccc2c3c54)c(C)c1. The van der Waals surface area contributed by atoms with Crippen LogP contribution >= 0.6 is 0 Å². The highest BCUT2D eigenvalue weighted by Crippen LogP contribution is 2.34. The van der Waals surface area contributed by atoms with Crippen molar-refractivity contribution < 1.29 is 0 Å². The summed E-state index contributed by atoms with van der Waals surface area (Å²) < 4.78 is 0. The summed E-state index contributed by atoms with van der Waals surface area (Å²) in [6.07, 6.45) is 0. The van der Waals surface area contributed by atoms with E-state index in [1.165, 1.54) is 121 Å². The van der Waals surface area contributed by atoms with Gasteiger partial charge in [0.15, 0.2) is 0 Å². The predicted molar refractivity (Wildman–Crippen MR) is 233 cm³/mol. The van der Waals surface area contributed by atoms with Crippen molar-refractivity contribution in [3.8, 4) is 0 Å². The number of hydrogen-bond donors (Lipinski definition) is 0. The predicted octanol–water partition coefficient (Wildman–Crippen LogP) is 8.70. The Hall–Kier alpha value is -5.07. The topological polar surface area (TPSA) is 0 Å². The first kappa shape index (κ1) is 34.0. The van der Waals surface area contributed by atoms with Gasteiger partial charge in [0.1, 0.15) is 0 Å². The Morgan fingerprint density at radius 2 is 0.596 bits per heavy atom. The van der Waals surface area contributed by atoms with Crippen molar-refractivity contribution in [3.05, 3.63) is 165 Å². The molecule has 0 aliphatic carbocycles. The van der Waals surface area contributed by atoms with Crippen LogP contribution in [-0.2, 0) is 0 Å². The van der Waals surface area contributed by atoms with Gasteiger partial charge >= 0.3 is 0 Å². The van der Waals surface area contributed by atoms with Crippen LogP contribution in [0.2, 0.25) is 0 Å². The molecule has 0 unspecified atom stereocenters. The van der Waals surface area contributed by atoms with Crippen molar-refractivity contribution >= 4 is 78.5 Å². The molecule has 0 saturated heterocycles. The monoisotopic (exact) mass is 670 g/mol. The number of benzene rings is 8. The van der Waals surface area contributed by atoms with Crippen molar-refractivity contribution in [2.24, 2.45) is 0 Å². The Labute approximate surface area is 311 Å². The maximum atomic E-state index is 2.42. The molecule has 0 saturated carbocycles. The molecular weight excluding hydrogens is 622 g/mol. The van der Waals surface area contributed by atoms with E-state index < -0.39 is 0 Å². The zero-order valence-corrected chi connectivity index (χ0v) is 32.5. The second kappa shape index (κ2) is 12.9. The van der Waals surface area contributed by atoms with Crippen LogP contribution in [-0.4, -0.2) is 13.4 Å². The minimum absolute atomic E-state index is 0.117. The molecule has 0 nitrogen and oxygen atoms in total. The molecule has 0 aromatic heterocycles. The van der Waals surface area contributed by atoms with Crippen LogP contribution in [0.3, 0.4) is 0 Å². The van der Waals surface area contributed by atoms with Gasteiger partial charge in [-0.1, -0.05) is 198 Å². The molecule has 0 spiro atoms. The van der Waals surface area contributed by atoms with Gasteiger partial charge < -0.3 is 0 Å². The minimum atomic E-state index is 0.117. The lowest BCUT2D eigenvalue weighted by atomic mass is 9.34. The smallest absolute Gasteiger partial charge is 0.0664 e. The first-order chi connectivity index (χ1) is 24.9. The summed E-state index contributed by atoms with van der Waals surface area (Å²) in [6, 6.07) is 42.7. The molecule has 0 N–H and O–H groups in total. The molecule has 254 valence electrons. The van der Waals surface area contributed by atoms with Gasteiger partial charge in [-0.15, -0.1) is 0 Å². The average molecular weight is 671 g/mol. The Kier molecular flexibility index (Phi) is 8.41. The Balaban J connectivity index is 1.46. The molecule has 0 bridgehead atoms. The zero-order chi connectivity index (χ0) is 36.6. The molecule has 2 heteroatoms. The molecule has 52 heavy (non-hydrogen) atoms. The summed E-state index contributed by atoms with van der Waals surface area (Å²) in [5.41, 5.74) is 21.7. The van der Waals surface area contributed by atoms with E-state index in [2.05, 4.69) is 178 Å². The fourth-order valence-electron chi connectivity index (χ4n) is 9.90. The van der Waals surface area contributed by atoms with Crippen LogP contribution in [0.5, 0.6) is 0 Å². The fourth-order valence-corrected chi connectivity index (χ4v) is 9.90. The van der Waals surface area contributed by atoms with Gasteiger partial charge in [-0.05, 0) is 102 Å². The minimum Gasteiger partial charge on any atom is -0.0664 e. The van der Waals surface area contributed by atoms with Crippen LogP contribution in [0.4, 0.5) is 0 Å². The standard InChI is InChI=1S/C50H48B2/c1-29-11-19-43(33(5)23-29)51(49-35(7)25-31(3)26-36(49)8)45-21-15-39-14-18-42-46(22-16-40-13-17-41(45)47(39)48(40)42)52(44-20-12-30(2)24-34(44)6)50-37(9)27-32(4)28-38(50)10/h11-28H,1-10H3. The van der Waals surface area contributed by atoms with Crippen LogP contribution < -0.4 is 32.8 Å². The number of rotatable bonds is 6. The summed E-state index contributed by atoms with van der Waals surface area (Å²) in [7, 11) is 0. The van der Waals surface area contributed by atoms with E-state index in [9.17, 15) is 0 Å². The Morgan fingerprint density at radius 1 is 0.288 bits per heavy atom. The highest BCUT2D eigenvalue weighted by atomic mass is 14.2. The molecule has 0 aliphatic rings. The van der Waals surface area contributed by atoms with Gasteiger partial charge in [0.2, 0.25) is 13.4 Å². The lowest BCUT2D eigenvalue weighted by molar-refractivity contribution is 1.35. The van der Waals surface area contributed by atoms with Gasteiger partial charge in [-0.25, -0.2) is 0 Å². The van der Waals surface area contributed by atoms with E-state index in [0.717, 1.165) is 0 Å². The van der Waals surface area contributed by atoms with Crippen LogP contribution in [0.25, 0.3) is 32.3 Å². The summed E-state index contributed by atoms with van der Waals surface area (Å²) in [5.74, 6) is 0. The van der Waals surface area contributed by atoms with E-state index in [0.29, 0.717) is 0 Å². The van der Waals surface area contributed by atoms with Gasteiger partial charge in [0, 0.05) is 0 Å². The van der Waals surface area contributed by atoms with Crippen molar-refractivity contribution in [2.45, 2.75) is 69.2 Å². The first-order valence-corrected chi connectivity index (χ1v) is 18.9. The van der Waals surface area contributed by atoms with E-state index >= 15 is 0 Å². The van der Waals surface area contributed by atoms with E-state index in [4.69, 9.17) is 0 Å². The number of aryl methyl sites for hydroxylation is 10. The highest BCUT2D eigenvalue weighted by Gasteiger charge is 2.31. The Morgan fingerprint density at radius 3 is 0.942 bits per heavy atom. The third-order valence-electron chi connectivity index (χ3n) is 11.9. The largest absolute Gasteiger partial charge is 0.243 e. The van der Waals surface area contributed by atoms with Crippen molar-refractivity contribution in [2.75, 3.05) is 0 Å². The molecule has 8 aromatic carbocycles. The molecule has 0 atom stereocenters. The molecule has 0 amide bonds. The normalized spacial score (nSPS) is 11.7. The van der Waals surface area contributed by atoms with Crippen LogP contribution in [0, 0.1) is 69.2 Å². The summed E-state index contributed by atoms with van der Waals surface area (Å²) >= 11 is 0. The van der Waals surface area contributed by atoms with E-state index in [1.54, 1.807) is 0 Å². The lowest BCUT2D eigenvalue weighted by Crippen LogP contribution is -2.55. The van der Waals surface area contributed by atoms with Crippen molar-refractivity contribution in [1.29, 1.82) is 0 Å². The molecular formula is C50H48B2. The van der Waals surface area contributed by atoms with Crippen molar-refractivity contribution in [3.63, 3.8) is 0 Å². The summed E-state index contributed by atoms with van der Waals surface area (Å²) in [4.78, 5) is 0. The van der Waals surface area contributed by atoms with Crippen molar-refractivity contribution in [1.82, 2.24) is 0 Å². The average Bonchev–Trinajstić information content (AvgIpc) is 3.08. The third kappa shape index (κ3) is 5.56. The summed E-state index contributed by atoms with van der Waals surface area (Å²) in [5, 5.41) is 8.06. The first-order valence-electron chi connectivity index (χ1n) is 18.9. The van der Waals surface area contributed by atoms with Gasteiger partial charge in [0.25, 0.3) is 0 Å². The highest BCUT2D eigenvalue weighted by molar-refractivity contribution is 6.98. The molecule has 0 radical (unpaired) electrons. The molecule has 0 aliphatic heterocycles. The third-order valence-corrected chi connectivity index (χ3v) is 11.9. The fraction of sp³-hybridized carbons (Fsp3) is 0.200. The second-order valence-corrected chi connectivity index (χ2v) is 15.9. The molecule has 8 rings (SSSR count). The zero-order valence-electron chi connectivity index (χ0n) is 32.5. The van der Waals surface area contributed by atoms with Gasteiger partial charge in [-0.2, -0.15) is 0 Å². The second-order valence-electron chi connectivity index (χ2n) is 15.9. The van der Waals surface area contributed by atoms with Gasteiger partial charge in [0.05, 0.1) is 0 Å². The van der Waals surface area contributed by atoms with E-state index in [-0.39, 0.29) is 13.4 Å². The molecule has 8 aromatic rings. The molecule has 0 heterocycles. The summed E-state index contributed by atoms with van der Waals surface area (Å²) in [6.45, 7) is 22.9. The molecule has 0 fully saturated rings. The van der Waals surface area contributed by atoms with Crippen LogP contribution in [0.1, 0.15) is 55.6 Å². The number of hydrogen-bond acceptors (Lipinski definition) is 0. The quantitative estimate of drug-likeness (QED) is 0.123. The van der Waals surface area contributed by atoms with E-state index in [1.807, 2.05) is 0 Å². The van der Waals surface area contributed by atoms with Gasteiger partial charge in [-0.3, -0.25) is 0 Å². The maximum absolute atomic E-state index is 2.42. The Bertz CT molecular complexity index is 2460. The lowest BCUT2D eigenvalue weighted by Gasteiger charge is -2.26.